The molecule has 2 aliphatic rings. The van der Waals surface area contributed by atoms with Crippen LogP contribution in [0.1, 0.15) is 125 Å². The maximum absolute atomic E-state index is 5.26. The van der Waals surface area contributed by atoms with E-state index in [2.05, 4.69) is 26.0 Å². The van der Waals surface area contributed by atoms with Crippen molar-refractivity contribution in [3.8, 4) is 0 Å². The fraction of sp³-hybridized carbons (Fsp3) is 0.625. The van der Waals surface area contributed by atoms with Gasteiger partial charge >= 0.3 is 0 Å². The third-order valence-corrected chi connectivity index (χ3v) is 8.44. The van der Waals surface area contributed by atoms with Crippen molar-refractivity contribution >= 4 is 21.8 Å². The van der Waals surface area contributed by atoms with Crippen LogP contribution in [0.15, 0.2) is 12.1 Å². The van der Waals surface area contributed by atoms with E-state index < -0.39 is 0 Å². The van der Waals surface area contributed by atoms with Gasteiger partial charge in [-0.15, -0.1) is 0 Å². The van der Waals surface area contributed by atoms with Crippen LogP contribution in [0.2, 0.25) is 0 Å². The third-order valence-electron chi connectivity index (χ3n) is 8.44. The van der Waals surface area contributed by atoms with Crippen LogP contribution in [0.4, 0.5) is 0 Å². The molecule has 2 heterocycles. The van der Waals surface area contributed by atoms with E-state index in [0.29, 0.717) is 0 Å². The Bertz CT molecular complexity index is 1060. The Labute approximate surface area is 207 Å². The predicted molar refractivity (Wildman–Crippen MR) is 146 cm³/mol. The summed E-state index contributed by atoms with van der Waals surface area (Å²) in [7, 11) is 0. The Balaban J connectivity index is 1.64. The number of aromatic nitrogens is 2. The average Bonchev–Trinajstić information content (AvgIpc) is 2.87. The minimum absolute atomic E-state index is 1.16. The van der Waals surface area contributed by atoms with E-state index in [0.717, 1.165) is 12.8 Å². The Morgan fingerprint density at radius 2 is 1.03 bits per heavy atom. The van der Waals surface area contributed by atoms with Crippen LogP contribution in [-0.2, 0) is 38.5 Å². The molecule has 5 rings (SSSR count). The van der Waals surface area contributed by atoms with Crippen LogP contribution in [0.3, 0.4) is 0 Å². The molecule has 34 heavy (non-hydrogen) atoms. The highest BCUT2D eigenvalue weighted by Gasteiger charge is 2.22. The van der Waals surface area contributed by atoms with E-state index in [-0.39, 0.29) is 0 Å². The predicted octanol–water partition coefficient (Wildman–Crippen LogP) is 8.79. The zero-order chi connectivity index (χ0) is 23.3. The van der Waals surface area contributed by atoms with E-state index >= 15 is 0 Å². The lowest BCUT2D eigenvalue weighted by Gasteiger charge is -2.23. The topological polar surface area (TPSA) is 25.8 Å². The van der Waals surface area contributed by atoms with Crippen LogP contribution < -0.4 is 0 Å². The van der Waals surface area contributed by atoms with Crippen molar-refractivity contribution in [2.75, 3.05) is 0 Å². The number of hydrogen-bond donors (Lipinski definition) is 0. The summed E-state index contributed by atoms with van der Waals surface area (Å²) in [6.45, 7) is 4.62. The molecule has 2 heteroatoms. The molecular formula is C32H44N2. The van der Waals surface area contributed by atoms with Gasteiger partial charge < -0.3 is 0 Å². The SMILES string of the molecule is CCCCCCc1c2c(nc3cc4nc5c(c(CCCCCC)c4cc13)CCCC5)CCCC2. The summed E-state index contributed by atoms with van der Waals surface area (Å²) < 4.78 is 0. The fourth-order valence-electron chi connectivity index (χ4n) is 6.57. The lowest BCUT2D eigenvalue weighted by Crippen LogP contribution is -2.12. The van der Waals surface area contributed by atoms with E-state index in [1.54, 1.807) is 22.3 Å². The molecule has 0 bridgehead atoms. The molecule has 0 aliphatic heterocycles. The van der Waals surface area contributed by atoms with Gasteiger partial charge in [0.15, 0.2) is 0 Å². The number of hydrogen-bond acceptors (Lipinski definition) is 2. The molecule has 1 aromatic carbocycles. The van der Waals surface area contributed by atoms with Gasteiger partial charge in [-0.05, 0) is 111 Å². The van der Waals surface area contributed by atoms with Gasteiger partial charge in [0, 0.05) is 22.2 Å². The van der Waals surface area contributed by atoms with Gasteiger partial charge in [-0.1, -0.05) is 52.4 Å². The van der Waals surface area contributed by atoms with Crippen molar-refractivity contribution in [1.29, 1.82) is 0 Å². The Morgan fingerprint density at radius 1 is 0.559 bits per heavy atom. The monoisotopic (exact) mass is 456 g/mol. The van der Waals surface area contributed by atoms with Gasteiger partial charge in [0.2, 0.25) is 0 Å². The van der Waals surface area contributed by atoms with Crippen LogP contribution in [-0.4, -0.2) is 9.97 Å². The smallest absolute Gasteiger partial charge is 0.0730 e. The molecular weight excluding hydrogens is 412 g/mol. The quantitative estimate of drug-likeness (QED) is 0.225. The maximum Gasteiger partial charge on any atom is 0.0730 e. The highest BCUT2D eigenvalue weighted by molar-refractivity contribution is 5.99. The van der Waals surface area contributed by atoms with E-state index in [4.69, 9.17) is 9.97 Å². The summed E-state index contributed by atoms with van der Waals surface area (Å²) in [6.07, 6.45) is 23.1. The highest BCUT2D eigenvalue weighted by atomic mass is 14.7. The second-order valence-corrected chi connectivity index (χ2v) is 11.0. The first-order chi connectivity index (χ1) is 16.8. The number of benzene rings is 1. The number of nitrogens with zero attached hydrogens (tertiary/aromatic N) is 2. The molecule has 2 aliphatic carbocycles. The molecule has 0 saturated heterocycles. The van der Waals surface area contributed by atoms with Gasteiger partial charge in [0.1, 0.15) is 0 Å². The number of pyridine rings is 2. The second kappa shape index (κ2) is 11.2. The summed E-state index contributed by atoms with van der Waals surface area (Å²) >= 11 is 0. The molecule has 0 atom stereocenters. The number of fused-ring (bicyclic) bond motifs is 4. The fourth-order valence-corrected chi connectivity index (χ4v) is 6.57. The molecule has 2 nitrogen and oxygen atoms in total. The summed E-state index contributed by atoms with van der Waals surface area (Å²) in [4.78, 5) is 10.5. The molecule has 2 aromatic heterocycles. The van der Waals surface area contributed by atoms with E-state index in [1.807, 2.05) is 0 Å². The first-order valence-electron chi connectivity index (χ1n) is 14.6. The number of rotatable bonds is 10. The summed E-state index contributed by atoms with van der Waals surface area (Å²) in [5.74, 6) is 0. The zero-order valence-electron chi connectivity index (χ0n) is 21.8. The van der Waals surface area contributed by atoms with Crippen molar-refractivity contribution < 1.29 is 0 Å². The molecule has 0 radical (unpaired) electrons. The molecule has 182 valence electrons. The normalized spacial score (nSPS) is 15.6. The van der Waals surface area contributed by atoms with Gasteiger partial charge in [-0.2, -0.15) is 0 Å². The molecule has 0 amide bonds. The average molecular weight is 457 g/mol. The van der Waals surface area contributed by atoms with Crippen molar-refractivity contribution in [2.24, 2.45) is 0 Å². The molecule has 0 N–H and O–H groups in total. The van der Waals surface area contributed by atoms with Crippen molar-refractivity contribution in [3.63, 3.8) is 0 Å². The Kier molecular flexibility index (Phi) is 7.82. The van der Waals surface area contributed by atoms with Crippen LogP contribution in [0.25, 0.3) is 21.8 Å². The summed E-state index contributed by atoms with van der Waals surface area (Å²) in [5.41, 5.74) is 11.7. The third kappa shape index (κ3) is 4.88. The summed E-state index contributed by atoms with van der Waals surface area (Å²) in [5, 5.41) is 2.88. The van der Waals surface area contributed by atoms with Gasteiger partial charge in [-0.3, -0.25) is 9.97 Å². The first kappa shape index (κ1) is 23.8. The van der Waals surface area contributed by atoms with Gasteiger partial charge in [-0.25, -0.2) is 0 Å². The van der Waals surface area contributed by atoms with E-state index in [1.165, 1.54) is 136 Å². The van der Waals surface area contributed by atoms with Crippen LogP contribution in [0, 0.1) is 0 Å². The molecule has 0 saturated carbocycles. The number of aryl methyl sites for hydroxylation is 4. The molecule has 3 aromatic rings. The lowest BCUT2D eigenvalue weighted by molar-refractivity contribution is 0.642. The highest BCUT2D eigenvalue weighted by Crippen LogP contribution is 2.36. The lowest BCUT2D eigenvalue weighted by atomic mass is 9.85. The standard InChI is InChI=1S/C32H44N2/c1-3-5-7-9-15-23-25-17-11-13-19-29(25)33-31-22-32-28(21-27(23)31)24(16-10-8-6-4-2)26-18-12-14-20-30(26)34-32/h21-22H,3-20H2,1-2H3. The Hall–Kier alpha value is -1.96. The van der Waals surface area contributed by atoms with Crippen molar-refractivity contribution in [3.05, 3.63) is 45.8 Å². The van der Waals surface area contributed by atoms with Gasteiger partial charge in [0.05, 0.1) is 11.0 Å². The largest absolute Gasteiger partial charge is 0.252 e. The number of unbranched alkanes of at least 4 members (excludes halogenated alkanes) is 6. The Morgan fingerprint density at radius 3 is 1.50 bits per heavy atom. The van der Waals surface area contributed by atoms with Crippen LogP contribution in [0.5, 0.6) is 0 Å². The zero-order valence-corrected chi connectivity index (χ0v) is 21.8. The minimum Gasteiger partial charge on any atom is -0.252 e. The first-order valence-corrected chi connectivity index (χ1v) is 14.6. The molecule has 0 unspecified atom stereocenters. The van der Waals surface area contributed by atoms with Crippen LogP contribution >= 0.6 is 0 Å². The van der Waals surface area contributed by atoms with E-state index in [9.17, 15) is 0 Å². The van der Waals surface area contributed by atoms with Crippen molar-refractivity contribution in [1.82, 2.24) is 9.97 Å². The molecule has 0 fully saturated rings. The molecule has 0 spiro atoms. The second-order valence-electron chi connectivity index (χ2n) is 11.0. The maximum atomic E-state index is 5.26. The summed E-state index contributed by atoms with van der Waals surface area (Å²) in [6, 6.07) is 4.90. The van der Waals surface area contributed by atoms with Gasteiger partial charge in [0.25, 0.3) is 0 Å². The minimum atomic E-state index is 1.16. The van der Waals surface area contributed by atoms with Crippen molar-refractivity contribution in [2.45, 2.75) is 129 Å².